The van der Waals surface area contributed by atoms with Gasteiger partial charge >= 0.3 is 5.97 Å². The van der Waals surface area contributed by atoms with E-state index in [0.29, 0.717) is 0 Å². The fourth-order valence-corrected chi connectivity index (χ4v) is 8.71. The van der Waals surface area contributed by atoms with E-state index in [2.05, 4.69) is 20.8 Å². The number of rotatable bonds is 18. The maximum absolute atomic E-state index is 13.1. The smallest absolute Gasteiger partial charge is 0.303 e. The molecule has 13 heteroatoms. The Hall–Kier alpha value is -4.76. The van der Waals surface area contributed by atoms with E-state index in [1.807, 2.05) is 115 Å². The van der Waals surface area contributed by atoms with Crippen LogP contribution in [0.3, 0.4) is 0 Å². The number of aliphatic hydroxyl groups excluding tert-OH is 1. The Labute approximate surface area is 330 Å². The number of ether oxygens (including phenoxy) is 1. The molecule has 0 aromatic heterocycles. The minimum atomic E-state index is -2.66. The molecule has 11 nitrogen and oxygen atoms in total. The number of aliphatic hydroxyl groups is 1. The van der Waals surface area contributed by atoms with Crippen LogP contribution in [0.5, 0.6) is 0 Å². The highest BCUT2D eigenvalue weighted by Crippen LogP contribution is 2.47. The third-order valence-electron chi connectivity index (χ3n) is 10.3. The molecule has 1 heterocycles. The van der Waals surface area contributed by atoms with Crippen LogP contribution in [0.15, 0.2) is 144 Å². The molecule has 0 amide bonds. The van der Waals surface area contributed by atoms with E-state index in [1.54, 1.807) is 6.07 Å². The van der Waals surface area contributed by atoms with Crippen LogP contribution in [0.4, 0.5) is 11.4 Å². The Morgan fingerprint density at radius 2 is 1.38 bits per heavy atom. The van der Waals surface area contributed by atoms with Crippen molar-refractivity contribution < 1.29 is 33.4 Å². The third kappa shape index (κ3) is 8.88. The summed E-state index contributed by atoms with van der Waals surface area (Å²) in [7, 11) is 0. The molecule has 5 aromatic carbocycles. The summed E-state index contributed by atoms with van der Waals surface area (Å²) in [5.74, 6) is -1.82. The van der Waals surface area contributed by atoms with E-state index >= 15 is 0 Å². The second kappa shape index (κ2) is 18.2. The zero-order valence-corrected chi connectivity index (χ0v) is 32.2. The van der Waals surface area contributed by atoms with E-state index < -0.39 is 45.8 Å². The summed E-state index contributed by atoms with van der Waals surface area (Å²) in [6.07, 6.45) is 0.00985. The van der Waals surface area contributed by atoms with E-state index in [-0.39, 0.29) is 56.4 Å². The second-order valence-corrected chi connectivity index (χ2v) is 15.3. The minimum Gasteiger partial charge on any atom is -0.481 e. The van der Waals surface area contributed by atoms with Crippen molar-refractivity contribution in [2.45, 2.75) is 36.4 Å². The lowest BCUT2D eigenvalue weighted by Gasteiger charge is -2.57. The van der Waals surface area contributed by atoms with Crippen molar-refractivity contribution in [2.75, 3.05) is 30.6 Å². The number of anilines is 1. The zero-order chi connectivity index (χ0) is 39.0. The Morgan fingerprint density at radius 1 is 0.855 bits per heavy atom. The van der Waals surface area contributed by atoms with Gasteiger partial charge in [0, 0.05) is 48.1 Å². The first-order valence-electron chi connectivity index (χ1n) is 17.9. The highest BCUT2D eigenvalue weighted by Gasteiger charge is 2.52. The maximum Gasteiger partial charge on any atom is 0.303 e. The Kier molecular flexibility index (Phi) is 13.2. The van der Waals surface area contributed by atoms with Crippen molar-refractivity contribution in [1.29, 1.82) is 0 Å². The topological polar surface area (TPSA) is 154 Å². The molecule has 1 saturated heterocycles. The van der Waals surface area contributed by atoms with Crippen molar-refractivity contribution >= 4 is 44.5 Å². The quantitative estimate of drug-likeness (QED) is 0.0351. The molecule has 0 spiro atoms. The first kappa shape index (κ1) is 39.9. The number of nitro groups is 1. The number of hydrogen-bond donors (Lipinski definition) is 3. The van der Waals surface area contributed by atoms with Gasteiger partial charge in [0.25, 0.3) is 17.0 Å². The molecule has 1 unspecified atom stereocenters. The van der Waals surface area contributed by atoms with Crippen molar-refractivity contribution in [3.8, 4) is 0 Å². The molecule has 0 radical (unpaired) electrons. The highest BCUT2D eigenvalue weighted by molar-refractivity contribution is 9.10. The Bertz CT molecular complexity index is 1960. The molecule has 3 N–H and O–H groups in total. The zero-order valence-electron chi connectivity index (χ0n) is 29.8. The molecule has 6 rings (SSSR count). The number of aliphatic carboxylic acids is 1. The standard InChI is InChI=1S/C42H42BrN3O8S/c43-35-22-20-31(21-23-35)41-38(28-45(55(52)53)36-18-10-11-19-37(36)46(50)51)44(27-30(24-25-47)26-40(48)49)39(41)29-54-42(32-12-4-1-5-13-32,33-14-6-2-7-15-33)34-16-8-3-9-17-34/h1-23,30,38-39,41,47H,24-29H2,(H,48,49)(H,52,53)/t30-,38-,39+,41+/m0/s1. The maximum atomic E-state index is 13.1. The summed E-state index contributed by atoms with van der Waals surface area (Å²) >= 11 is 0.877. The van der Waals surface area contributed by atoms with Crippen LogP contribution in [0, 0.1) is 16.0 Å². The molecule has 286 valence electrons. The summed E-state index contributed by atoms with van der Waals surface area (Å²) in [6.45, 7) is 0.0279. The number of benzene rings is 5. The molecule has 5 aromatic rings. The summed E-state index contributed by atoms with van der Waals surface area (Å²) in [5.41, 5.74) is 2.20. The SMILES string of the molecule is O=C(O)C[C@H](CCO)CN1[C@H](COC(c2ccccc2)(c2ccccc2)c2ccccc2)[C@H](c2ccc(Br)cc2)[C@@H]1CN(c1ccccc1[N+](=O)[O-])S(=O)O. The lowest BCUT2D eigenvalue weighted by Crippen LogP contribution is -2.68. The van der Waals surface area contributed by atoms with Crippen LogP contribution < -0.4 is 4.31 Å². The number of nitrogens with zero attached hydrogens (tertiary/aromatic N) is 3. The van der Waals surface area contributed by atoms with E-state index in [4.69, 9.17) is 4.74 Å². The molecule has 0 saturated carbocycles. The van der Waals surface area contributed by atoms with Gasteiger partial charge < -0.3 is 14.9 Å². The molecular weight excluding hydrogens is 786 g/mol. The number of para-hydroxylation sites is 2. The predicted octanol–water partition coefficient (Wildman–Crippen LogP) is 7.62. The number of likely N-dealkylation sites (tertiary alicyclic amines) is 1. The van der Waals surface area contributed by atoms with Crippen molar-refractivity contribution in [3.05, 3.63) is 176 Å². The van der Waals surface area contributed by atoms with Crippen molar-refractivity contribution in [3.63, 3.8) is 0 Å². The van der Waals surface area contributed by atoms with Crippen LogP contribution in [0.25, 0.3) is 0 Å². The summed E-state index contributed by atoms with van der Waals surface area (Å²) in [4.78, 5) is 25.6. The van der Waals surface area contributed by atoms with Crippen LogP contribution in [-0.4, -0.2) is 73.2 Å². The van der Waals surface area contributed by atoms with Gasteiger partial charge in [-0.15, -0.1) is 0 Å². The largest absolute Gasteiger partial charge is 0.481 e. The Morgan fingerprint density at radius 3 is 1.87 bits per heavy atom. The van der Waals surface area contributed by atoms with Gasteiger partial charge in [-0.25, -0.2) is 4.21 Å². The molecule has 55 heavy (non-hydrogen) atoms. The summed E-state index contributed by atoms with van der Waals surface area (Å²) < 4.78 is 33.0. The molecular formula is C42H42BrN3O8S. The third-order valence-corrected chi connectivity index (χ3v) is 11.6. The number of halogens is 1. The first-order chi connectivity index (χ1) is 26.6. The predicted molar refractivity (Wildman–Crippen MR) is 215 cm³/mol. The number of carbonyl (C=O) groups is 1. The van der Waals surface area contributed by atoms with Crippen molar-refractivity contribution in [1.82, 2.24) is 4.90 Å². The van der Waals surface area contributed by atoms with E-state index in [0.717, 1.165) is 31.0 Å². The molecule has 1 fully saturated rings. The first-order valence-corrected chi connectivity index (χ1v) is 19.8. The highest BCUT2D eigenvalue weighted by atomic mass is 79.9. The van der Waals surface area contributed by atoms with Gasteiger partial charge in [-0.1, -0.05) is 131 Å². The van der Waals surface area contributed by atoms with E-state index in [1.165, 1.54) is 18.2 Å². The lowest BCUT2D eigenvalue weighted by molar-refractivity contribution is -0.384. The van der Waals surface area contributed by atoms with Gasteiger partial charge in [-0.3, -0.25) is 28.7 Å². The summed E-state index contributed by atoms with van der Waals surface area (Å²) in [6, 6.07) is 42.5. The average Bonchev–Trinajstić information content (AvgIpc) is 3.19. The number of hydrogen-bond acceptors (Lipinski definition) is 7. The average molecular weight is 829 g/mol. The number of nitro benzene ring substituents is 1. The monoisotopic (exact) mass is 827 g/mol. The number of carboxylic acids is 1. The van der Waals surface area contributed by atoms with Gasteiger partial charge in [-0.2, -0.15) is 0 Å². The van der Waals surface area contributed by atoms with Crippen LogP contribution in [-0.2, 0) is 26.4 Å². The normalized spacial score (nSPS) is 18.2. The summed E-state index contributed by atoms with van der Waals surface area (Å²) in [5, 5.41) is 31.9. The molecule has 5 atom stereocenters. The minimum absolute atomic E-state index is 0.0174. The lowest BCUT2D eigenvalue weighted by atomic mass is 9.73. The second-order valence-electron chi connectivity index (χ2n) is 13.5. The van der Waals surface area contributed by atoms with Gasteiger partial charge in [0.05, 0.1) is 18.1 Å². The van der Waals surface area contributed by atoms with Crippen LogP contribution in [0.1, 0.15) is 41.0 Å². The molecule has 0 aliphatic carbocycles. The van der Waals surface area contributed by atoms with E-state index in [9.17, 15) is 33.9 Å². The van der Waals surface area contributed by atoms with Gasteiger partial charge in [0.2, 0.25) is 0 Å². The van der Waals surface area contributed by atoms with Crippen LogP contribution >= 0.6 is 15.9 Å². The molecule has 1 aliphatic heterocycles. The van der Waals surface area contributed by atoms with Gasteiger partial charge in [0.1, 0.15) is 11.3 Å². The fourth-order valence-electron chi connectivity index (χ4n) is 7.84. The van der Waals surface area contributed by atoms with Gasteiger partial charge in [0.15, 0.2) is 0 Å². The van der Waals surface area contributed by atoms with Gasteiger partial charge in [-0.05, 0) is 52.8 Å². The number of carboxylic acid groups (broad SMARTS) is 1. The Balaban J connectivity index is 1.48. The molecule has 1 aliphatic rings. The van der Waals surface area contributed by atoms with Crippen LogP contribution in [0.2, 0.25) is 0 Å². The fraction of sp³-hybridized carbons (Fsp3) is 0.262. The van der Waals surface area contributed by atoms with Crippen molar-refractivity contribution in [2.24, 2.45) is 5.92 Å². The molecule has 0 bridgehead atoms.